The zero-order valence-corrected chi connectivity index (χ0v) is 11.7. The van der Waals surface area contributed by atoms with Crippen molar-refractivity contribution in [2.75, 3.05) is 11.5 Å². The molecule has 0 aliphatic heterocycles. The number of nitrogens with zero attached hydrogens (tertiary/aromatic N) is 1. The monoisotopic (exact) mass is 259 g/mol. The molecule has 2 rings (SSSR count). The molecule has 96 valence electrons. The molecule has 0 N–H and O–H groups in total. The lowest BCUT2D eigenvalue weighted by molar-refractivity contribution is 0.319. The molecule has 2 atom stereocenters. The standard InChI is InChI=1S/C16H21NS/c17-12-15-8-4-5-9-16(15)13-18-11-10-14-6-2-1-3-7-14/h1-3,6-7,15-16H,4-5,8-11,13H2. The largest absolute Gasteiger partial charge is 0.198 e. The van der Waals surface area contributed by atoms with Gasteiger partial charge < -0.3 is 0 Å². The average molecular weight is 259 g/mol. The molecule has 0 bridgehead atoms. The SMILES string of the molecule is N#CC1CCCCC1CSCCc1ccccc1. The molecule has 0 spiro atoms. The minimum atomic E-state index is 0.322. The zero-order chi connectivity index (χ0) is 12.6. The number of nitriles is 1. The van der Waals surface area contributed by atoms with Crippen LogP contribution in [-0.2, 0) is 6.42 Å². The first kappa shape index (κ1) is 13.5. The van der Waals surface area contributed by atoms with Gasteiger partial charge in [0.1, 0.15) is 0 Å². The molecule has 1 saturated carbocycles. The molecule has 1 aliphatic carbocycles. The van der Waals surface area contributed by atoms with E-state index in [1.54, 1.807) is 0 Å². The summed E-state index contributed by atoms with van der Waals surface area (Å²) in [6.45, 7) is 0. The maximum Gasteiger partial charge on any atom is 0.0659 e. The van der Waals surface area contributed by atoms with E-state index in [4.69, 9.17) is 5.26 Å². The summed E-state index contributed by atoms with van der Waals surface area (Å²) in [4.78, 5) is 0. The number of rotatable bonds is 5. The summed E-state index contributed by atoms with van der Waals surface area (Å²) in [7, 11) is 0. The van der Waals surface area contributed by atoms with Crippen molar-refractivity contribution in [1.82, 2.24) is 0 Å². The Morgan fingerprint density at radius 3 is 2.72 bits per heavy atom. The summed E-state index contributed by atoms with van der Waals surface area (Å²) in [6.07, 6.45) is 6.11. The second kappa shape index (κ2) is 7.48. The maximum atomic E-state index is 9.14. The Balaban J connectivity index is 1.67. The van der Waals surface area contributed by atoms with Crippen molar-refractivity contribution in [2.45, 2.75) is 32.1 Å². The van der Waals surface area contributed by atoms with E-state index in [0.29, 0.717) is 11.8 Å². The van der Waals surface area contributed by atoms with Gasteiger partial charge in [-0.1, -0.05) is 43.2 Å². The molecule has 1 aromatic rings. The van der Waals surface area contributed by atoms with Gasteiger partial charge in [-0.3, -0.25) is 0 Å². The summed E-state index contributed by atoms with van der Waals surface area (Å²) < 4.78 is 0. The molecule has 2 unspecified atom stereocenters. The highest BCUT2D eigenvalue weighted by molar-refractivity contribution is 7.99. The summed E-state index contributed by atoms with van der Waals surface area (Å²) in [5.41, 5.74) is 1.42. The lowest BCUT2D eigenvalue weighted by atomic mass is 9.81. The predicted octanol–water partition coefficient (Wildman–Crippen LogP) is 4.29. The fraction of sp³-hybridized carbons (Fsp3) is 0.562. The van der Waals surface area contributed by atoms with Crippen molar-refractivity contribution in [3.05, 3.63) is 35.9 Å². The molecule has 1 aromatic carbocycles. The summed E-state index contributed by atoms with van der Waals surface area (Å²) in [5, 5.41) is 9.14. The van der Waals surface area contributed by atoms with E-state index < -0.39 is 0 Å². The van der Waals surface area contributed by atoms with Gasteiger partial charge in [-0.2, -0.15) is 17.0 Å². The predicted molar refractivity (Wildman–Crippen MR) is 78.5 cm³/mol. The average Bonchev–Trinajstić information content (AvgIpc) is 2.45. The molecule has 0 aromatic heterocycles. The Morgan fingerprint density at radius 2 is 1.94 bits per heavy atom. The number of aryl methyl sites for hydroxylation is 1. The van der Waals surface area contributed by atoms with Gasteiger partial charge in [-0.25, -0.2) is 0 Å². The highest BCUT2D eigenvalue weighted by Gasteiger charge is 2.24. The molecule has 2 heteroatoms. The van der Waals surface area contributed by atoms with E-state index in [1.807, 2.05) is 11.8 Å². The van der Waals surface area contributed by atoms with Gasteiger partial charge in [0.2, 0.25) is 0 Å². The molecule has 1 fully saturated rings. The molecule has 0 amide bonds. The Labute approximate surface area is 115 Å². The van der Waals surface area contributed by atoms with Crippen molar-refractivity contribution in [3.8, 4) is 6.07 Å². The van der Waals surface area contributed by atoms with E-state index in [0.717, 1.165) is 12.8 Å². The van der Waals surface area contributed by atoms with Gasteiger partial charge in [-0.05, 0) is 42.2 Å². The van der Waals surface area contributed by atoms with E-state index in [1.165, 1.54) is 36.3 Å². The van der Waals surface area contributed by atoms with Gasteiger partial charge in [0.15, 0.2) is 0 Å². The smallest absolute Gasteiger partial charge is 0.0659 e. The van der Waals surface area contributed by atoms with Crippen LogP contribution in [0.5, 0.6) is 0 Å². The third kappa shape index (κ3) is 4.07. The Morgan fingerprint density at radius 1 is 1.17 bits per heavy atom. The summed E-state index contributed by atoms with van der Waals surface area (Å²) in [6, 6.07) is 13.2. The third-order valence-corrected chi connectivity index (χ3v) is 4.94. The van der Waals surface area contributed by atoms with Crippen LogP contribution in [0, 0.1) is 23.2 Å². The van der Waals surface area contributed by atoms with Crippen LogP contribution in [0.4, 0.5) is 0 Å². The van der Waals surface area contributed by atoms with Crippen molar-refractivity contribution in [1.29, 1.82) is 5.26 Å². The lowest BCUT2D eigenvalue weighted by Gasteiger charge is -2.26. The second-order valence-corrected chi connectivity index (χ2v) is 6.24. The third-order valence-electron chi connectivity index (χ3n) is 3.78. The lowest BCUT2D eigenvalue weighted by Crippen LogP contribution is -2.20. The van der Waals surface area contributed by atoms with E-state index in [2.05, 4.69) is 36.4 Å². The Bertz CT molecular complexity index is 382. The molecular weight excluding hydrogens is 238 g/mol. The highest BCUT2D eigenvalue weighted by atomic mass is 32.2. The van der Waals surface area contributed by atoms with Crippen LogP contribution in [0.2, 0.25) is 0 Å². The van der Waals surface area contributed by atoms with Gasteiger partial charge in [0.05, 0.1) is 6.07 Å². The second-order valence-electron chi connectivity index (χ2n) is 5.09. The fourth-order valence-electron chi connectivity index (χ4n) is 2.65. The summed E-state index contributed by atoms with van der Waals surface area (Å²) >= 11 is 2.02. The molecule has 18 heavy (non-hydrogen) atoms. The maximum absolute atomic E-state index is 9.14. The van der Waals surface area contributed by atoms with Crippen LogP contribution in [0.1, 0.15) is 31.2 Å². The normalized spacial score (nSPS) is 23.5. The first-order chi connectivity index (χ1) is 8.90. The first-order valence-electron chi connectivity index (χ1n) is 6.91. The van der Waals surface area contributed by atoms with E-state index >= 15 is 0 Å². The van der Waals surface area contributed by atoms with Gasteiger partial charge in [0, 0.05) is 5.92 Å². The van der Waals surface area contributed by atoms with Crippen molar-refractivity contribution >= 4 is 11.8 Å². The Kier molecular flexibility index (Phi) is 5.61. The van der Waals surface area contributed by atoms with Crippen molar-refractivity contribution < 1.29 is 0 Å². The van der Waals surface area contributed by atoms with Crippen LogP contribution in [-0.4, -0.2) is 11.5 Å². The van der Waals surface area contributed by atoms with Crippen LogP contribution in [0.3, 0.4) is 0 Å². The number of hydrogen-bond donors (Lipinski definition) is 0. The van der Waals surface area contributed by atoms with E-state index in [-0.39, 0.29) is 0 Å². The van der Waals surface area contributed by atoms with Crippen molar-refractivity contribution in [2.24, 2.45) is 11.8 Å². The minimum absolute atomic E-state index is 0.322. The van der Waals surface area contributed by atoms with Crippen LogP contribution in [0.25, 0.3) is 0 Å². The van der Waals surface area contributed by atoms with Crippen LogP contribution >= 0.6 is 11.8 Å². The zero-order valence-electron chi connectivity index (χ0n) is 10.8. The minimum Gasteiger partial charge on any atom is -0.198 e. The number of benzene rings is 1. The molecule has 0 radical (unpaired) electrons. The van der Waals surface area contributed by atoms with Crippen molar-refractivity contribution in [3.63, 3.8) is 0 Å². The quantitative estimate of drug-likeness (QED) is 0.736. The molecule has 0 saturated heterocycles. The van der Waals surface area contributed by atoms with Crippen LogP contribution < -0.4 is 0 Å². The van der Waals surface area contributed by atoms with Gasteiger partial charge in [-0.15, -0.1) is 0 Å². The van der Waals surface area contributed by atoms with E-state index in [9.17, 15) is 0 Å². The van der Waals surface area contributed by atoms with Gasteiger partial charge >= 0.3 is 0 Å². The number of hydrogen-bond acceptors (Lipinski definition) is 2. The van der Waals surface area contributed by atoms with Gasteiger partial charge in [0.25, 0.3) is 0 Å². The highest BCUT2D eigenvalue weighted by Crippen LogP contribution is 2.32. The molecule has 1 aliphatic rings. The van der Waals surface area contributed by atoms with Crippen LogP contribution in [0.15, 0.2) is 30.3 Å². The summed E-state index contributed by atoms with van der Waals surface area (Å²) in [5.74, 6) is 3.32. The molecule has 1 nitrogen and oxygen atoms in total. The Hall–Kier alpha value is -0.940. The fourth-order valence-corrected chi connectivity index (χ4v) is 3.89. The molecular formula is C16H21NS. The number of thioether (sulfide) groups is 1. The first-order valence-corrected chi connectivity index (χ1v) is 8.07. The molecule has 0 heterocycles. The topological polar surface area (TPSA) is 23.8 Å².